The largest absolute Gasteiger partial charge is 0.339 e. The van der Waals surface area contributed by atoms with Crippen LogP contribution in [0.4, 0.5) is 11.6 Å². The summed E-state index contributed by atoms with van der Waals surface area (Å²) in [6, 6.07) is 30.9. The molecule has 290 valence electrons. The van der Waals surface area contributed by atoms with Gasteiger partial charge in [-0.05, 0) is 70.0 Å². The zero-order valence-corrected chi connectivity index (χ0v) is 33.0. The molecule has 12 heteroatoms. The van der Waals surface area contributed by atoms with E-state index in [9.17, 15) is 19.2 Å². The van der Waals surface area contributed by atoms with Gasteiger partial charge in [0.25, 0.3) is 11.8 Å². The smallest absolute Gasteiger partial charge is 0.251 e. The fraction of sp³-hybridized carbons (Fsp3) is 0.244. The van der Waals surface area contributed by atoms with Gasteiger partial charge >= 0.3 is 0 Å². The standard InChI is InChI=1S/C23H24N4O2.C22H22N4O2/c1-13-7-5-9-16(11-13)19-18-15(3)26-27(4)21(18)25-23(29)20(19)24-22(28)17-10-6-8-14(2)12-17;1-13-8-7-11-16(12-13)18-17-14(2)25-26(3)20(17)24-22(28)19(18)23-21(27)15-9-5-4-6-10-15/h5-12,19-20H,1-4H3,(H,24,28)(H,25,29);4-12,18-19H,1-3H3,(H,23,27)(H,24,28). The summed E-state index contributed by atoms with van der Waals surface area (Å²) in [6.07, 6.45) is 0. The molecule has 4 amide bonds. The van der Waals surface area contributed by atoms with Gasteiger partial charge in [0.2, 0.25) is 11.8 Å². The van der Waals surface area contributed by atoms with Crippen molar-refractivity contribution < 1.29 is 19.2 Å². The van der Waals surface area contributed by atoms with E-state index >= 15 is 0 Å². The molecule has 6 aromatic rings. The first kappa shape index (κ1) is 38.5. The van der Waals surface area contributed by atoms with Crippen molar-refractivity contribution in [3.8, 4) is 0 Å². The Labute approximate surface area is 331 Å². The molecule has 0 saturated heterocycles. The second kappa shape index (κ2) is 15.7. The highest BCUT2D eigenvalue weighted by Crippen LogP contribution is 2.41. The monoisotopic (exact) mass is 762 g/mol. The third kappa shape index (κ3) is 7.71. The van der Waals surface area contributed by atoms with Crippen LogP contribution in [0.3, 0.4) is 0 Å². The van der Waals surface area contributed by atoms with Gasteiger partial charge in [-0.15, -0.1) is 0 Å². The Balaban J connectivity index is 0.000000174. The molecule has 0 spiro atoms. The van der Waals surface area contributed by atoms with Crippen molar-refractivity contribution in [3.63, 3.8) is 0 Å². The normalized spacial score (nSPS) is 18.2. The predicted octanol–water partition coefficient (Wildman–Crippen LogP) is 6.15. The summed E-state index contributed by atoms with van der Waals surface area (Å²) < 4.78 is 3.37. The quantitative estimate of drug-likeness (QED) is 0.160. The summed E-state index contributed by atoms with van der Waals surface area (Å²) >= 11 is 0. The molecule has 4 heterocycles. The minimum absolute atomic E-state index is 0.243. The lowest BCUT2D eigenvalue weighted by atomic mass is 9.81. The van der Waals surface area contributed by atoms with Gasteiger partial charge in [-0.3, -0.25) is 28.5 Å². The van der Waals surface area contributed by atoms with Crippen molar-refractivity contribution in [1.29, 1.82) is 0 Å². The van der Waals surface area contributed by atoms with Crippen molar-refractivity contribution in [2.24, 2.45) is 14.1 Å². The van der Waals surface area contributed by atoms with Gasteiger partial charge in [0, 0.05) is 48.2 Å². The molecule has 0 aliphatic carbocycles. The van der Waals surface area contributed by atoms with Crippen LogP contribution >= 0.6 is 0 Å². The zero-order valence-electron chi connectivity index (χ0n) is 33.0. The maximum Gasteiger partial charge on any atom is 0.251 e. The highest BCUT2D eigenvalue weighted by molar-refractivity contribution is 6.05. The highest BCUT2D eigenvalue weighted by Gasteiger charge is 2.42. The van der Waals surface area contributed by atoms with Crippen LogP contribution in [0, 0.1) is 34.6 Å². The van der Waals surface area contributed by atoms with E-state index in [1.807, 2.05) is 109 Å². The summed E-state index contributed by atoms with van der Waals surface area (Å²) in [6.45, 7) is 9.82. The van der Waals surface area contributed by atoms with Crippen molar-refractivity contribution >= 4 is 35.3 Å². The molecule has 0 saturated carbocycles. The van der Waals surface area contributed by atoms with Crippen LogP contribution in [0.1, 0.15) is 82.9 Å². The molecule has 12 nitrogen and oxygen atoms in total. The molecule has 2 aliphatic heterocycles. The number of hydrogen-bond acceptors (Lipinski definition) is 6. The Morgan fingerprint density at radius 1 is 0.544 bits per heavy atom. The number of aromatic nitrogens is 4. The second-order valence-electron chi connectivity index (χ2n) is 14.8. The molecule has 57 heavy (non-hydrogen) atoms. The van der Waals surface area contributed by atoms with Gasteiger partial charge in [-0.2, -0.15) is 10.2 Å². The van der Waals surface area contributed by atoms with Crippen LogP contribution in [0.25, 0.3) is 0 Å². The van der Waals surface area contributed by atoms with Crippen LogP contribution in [-0.2, 0) is 23.7 Å². The van der Waals surface area contributed by atoms with E-state index in [-0.39, 0.29) is 35.5 Å². The van der Waals surface area contributed by atoms with Gasteiger partial charge in [-0.25, -0.2) is 0 Å². The summed E-state index contributed by atoms with van der Waals surface area (Å²) in [5, 5.41) is 20.7. The number of benzene rings is 4. The van der Waals surface area contributed by atoms with Crippen molar-refractivity contribution in [3.05, 3.63) is 165 Å². The zero-order chi connectivity index (χ0) is 40.5. The first-order chi connectivity index (χ1) is 27.3. The molecule has 4 unspecified atom stereocenters. The Morgan fingerprint density at radius 2 is 0.947 bits per heavy atom. The van der Waals surface area contributed by atoms with Gasteiger partial charge in [0.05, 0.1) is 11.4 Å². The number of nitrogens with one attached hydrogen (secondary N) is 4. The number of carbonyl (C=O) groups excluding carboxylic acids is 4. The highest BCUT2D eigenvalue weighted by atomic mass is 16.2. The average Bonchev–Trinajstić information content (AvgIpc) is 3.63. The van der Waals surface area contributed by atoms with E-state index < -0.39 is 12.1 Å². The van der Waals surface area contributed by atoms with Gasteiger partial charge < -0.3 is 21.3 Å². The number of carbonyl (C=O) groups is 4. The Hall–Kier alpha value is -6.82. The van der Waals surface area contributed by atoms with Crippen LogP contribution in [0.5, 0.6) is 0 Å². The van der Waals surface area contributed by atoms with Gasteiger partial charge in [0.1, 0.15) is 23.7 Å². The number of rotatable bonds is 6. The maximum atomic E-state index is 13.1. The summed E-state index contributed by atoms with van der Waals surface area (Å²) in [7, 11) is 3.62. The molecule has 2 aromatic heterocycles. The van der Waals surface area contributed by atoms with Crippen molar-refractivity contribution in [2.75, 3.05) is 10.6 Å². The minimum Gasteiger partial charge on any atom is -0.339 e. The Bertz CT molecular complexity index is 2520. The fourth-order valence-electron chi connectivity index (χ4n) is 7.98. The number of aryl methyl sites for hydroxylation is 7. The molecule has 4 aromatic carbocycles. The molecule has 0 fully saturated rings. The van der Waals surface area contributed by atoms with E-state index in [1.165, 1.54) is 0 Å². The third-order valence-corrected chi connectivity index (χ3v) is 10.6. The van der Waals surface area contributed by atoms with E-state index in [0.717, 1.165) is 50.3 Å². The fourth-order valence-corrected chi connectivity index (χ4v) is 7.98. The second-order valence-corrected chi connectivity index (χ2v) is 14.8. The molecule has 0 bridgehead atoms. The SMILES string of the molecule is Cc1cccc(C(=O)NC2C(=O)Nc3c(c(C)nn3C)C2c2cccc(C)c2)c1.Cc1cccc(C2c3c(C)nn(C)c3NC(=O)C2NC(=O)c2ccccc2)c1. The molecular formula is C45H46N8O4. The molecule has 8 rings (SSSR count). The molecule has 4 atom stereocenters. The van der Waals surface area contributed by atoms with Crippen LogP contribution in [0.2, 0.25) is 0 Å². The number of nitrogens with zero attached hydrogens (tertiary/aromatic N) is 4. The predicted molar refractivity (Wildman–Crippen MR) is 219 cm³/mol. The topological polar surface area (TPSA) is 152 Å². The van der Waals surface area contributed by atoms with Gasteiger partial charge in [-0.1, -0.05) is 95.6 Å². The summed E-state index contributed by atoms with van der Waals surface area (Å²) in [4.78, 5) is 51.8. The van der Waals surface area contributed by atoms with Crippen LogP contribution in [0.15, 0.2) is 103 Å². The van der Waals surface area contributed by atoms with E-state index in [2.05, 4.69) is 43.6 Å². The maximum absolute atomic E-state index is 13.1. The Kier molecular flexibility index (Phi) is 10.6. The lowest BCUT2D eigenvalue weighted by Gasteiger charge is -2.32. The van der Waals surface area contributed by atoms with E-state index in [4.69, 9.17) is 0 Å². The van der Waals surface area contributed by atoms with Gasteiger partial charge in [0.15, 0.2) is 0 Å². The lowest BCUT2D eigenvalue weighted by molar-refractivity contribution is -0.119. The number of amides is 4. The average molecular weight is 763 g/mol. The third-order valence-electron chi connectivity index (χ3n) is 10.6. The lowest BCUT2D eigenvalue weighted by Crippen LogP contribution is -2.50. The molecular weight excluding hydrogens is 717 g/mol. The Morgan fingerprint density at radius 3 is 1.39 bits per heavy atom. The molecule has 2 aliphatic rings. The first-order valence-corrected chi connectivity index (χ1v) is 18.9. The number of fused-ring (bicyclic) bond motifs is 2. The van der Waals surface area contributed by atoms with Crippen LogP contribution < -0.4 is 21.3 Å². The van der Waals surface area contributed by atoms with E-state index in [1.54, 1.807) is 39.7 Å². The van der Waals surface area contributed by atoms with Crippen molar-refractivity contribution in [2.45, 2.75) is 58.5 Å². The van der Waals surface area contributed by atoms with Crippen LogP contribution in [-0.4, -0.2) is 55.3 Å². The minimum atomic E-state index is -0.736. The van der Waals surface area contributed by atoms with Crippen molar-refractivity contribution in [1.82, 2.24) is 30.2 Å². The number of hydrogen-bond donors (Lipinski definition) is 4. The summed E-state index contributed by atoms with van der Waals surface area (Å²) in [5.74, 6) is -0.301. The molecule has 4 N–H and O–H groups in total. The first-order valence-electron chi connectivity index (χ1n) is 18.9. The number of anilines is 2. The summed E-state index contributed by atoms with van der Waals surface area (Å²) in [5.41, 5.74) is 9.75. The van der Waals surface area contributed by atoms with E-state index in [0.29, 0.717) is 22.8 Å². The molecule has 0 radical (unpaired) electrons.